The maximum Gasteiger partial charge on any atom is 0.134 e. The molecule has 1 rings (SSSR count). The quantitative estimate of drug-likeness (QED) is 0.233. The van der Waals surface area contributed by atoms with Crippen LogP contribution in [0.15, 0.2) is 47.9 Å². The van der Waals surface area contributed by atoms with E-state index in [4.69, 9.17) is 4.74 Å². The van der Waals surface area contributed by atoms with Crippen molar-refractivity contribution in [2.75, 3.05) is 20.3 Å². The van der Waals surface area contributed by atoms with Crippen molar-refractivity contribution < 1.29 is 18.8 Å². The van der Waals surface area contributed by atoms with Gasteiger partial charge in [0, 0.05) is 12.5 Å². The number of allylic oxidation sites excluding steroid dienone is 5. The molecule has 0 aliphatic carbocycles. The Bertz CT molecular complexity index is 724. The number of ether oxygens (including phenoxy) is 1. The fraction of sp³-hybridized carbons (Fsp3) is 0.519. The summed E-state index contributed by atoms with van der Waals surface area (Å²) in [5, 5.41) is 10.9. The Morgan fingerprint density at radius 2 is 1.71 bits per heavy atom. The Morgan fingerprint density at radius 3 is 2.09 bits per heavy atom. The van der Waals surface area contributed by atoms with Crippen molar-refractivity contribution in [3.05, 3.63) is 59.0 Å². The van der Waals surface area contributed by atoms with Crippen LogP contribution >= 0.6 is 9.24 Å². The Kier molecular flexibility index (Phi) is 32.2. The molecule has 0 saturated carbocycles. The molecule has 0 aliphatic heterocycles. The molecule has 0 fully saturated rings. The van der Waals surface area contributed by atoms with E-state index in [2.05, 4.69) is 27.8 Å². The minimum atomic E-state index is -1.38. The first-order chi connectivity index (χ1) is 16.1. The molecule has 1 aromatic carbocycles. The zero-order valence-corrected chi connectivity index (χ0v) is 25.2. The first kappa shape index (κ1) is 39.6. The van der Waals surface area contributed by atoms with Crippen molar-refractivity contribution >= 4 is 32.1 Å². The van der Waals surface area contributed by atoms with Crippen molar-refractivity contribution in [3.63, 3.8) is 0 Å². The first-order valence-corrected chi connectivity index (χ1v) is 13.9. The van der Waals surface area contributed by atoms with Crippen LogP contribution < -0.4 is 4.72 Å². The molecule has 2 atom stereocenters. The summed E-state index contributed by atoms with van der Waals surface area (Å²) in [5.74, 6) is 0.228. The van der Waals surface area contributed by atoms with Gasteiger partial charge in [-0.15, -0.1) is 9.24 Å². The van der Waals surface area contributed by atoms with Gasteiger partial charge in [-0.05, 0) is 63.5 Å². The fourth-order valence-corrected chi connectivity index (χ4v) is 2.31. The van der Waals surface area contributed by atoms with Crippen LogP contribution in [0.3, 0.4) is 0 Å². The van der Waals surface area contributed by atoms with Crippen LogP contribution in [-0.2, 0) is 20.5 Å². The molecule has 7 heteroatoms. The van der Waals surface area contributed by atoms with Crippen LogP contribution in [0.5, 0.6) is 5.75 Å². The summed E-state index contributed by atoms with van der Waals surface area (Å²) in [7, 11) is 2.75. The molecule has 198 valence electrons. The number of nitrogens with one attached hydrogen (secondary N) is 1. The van der Waals surface area contributed by atoms with Gasteiger partial charge in [-0.1, -0.05) is 71.2 Å². The van der Waals surface area contributed by atoms with E-state index in [1.807, 2.05) is 79.4 Å². The van der Waals surface area contributed by atoms with E-state index in [0.717, 1.165) is 16.7 Å². The van der Waals surface area contributed by atoms with Crippen LogP contribution in [0.2, 0.25) is 0 Å². The van der Waals surface area contributed by atoms with Crippen LogP contribution in [0.4, 0.5) is 0 Å². The molecule has 0 radical (unpaired) electrons. The van der Waals surface area contributed by atoms with Crippen LogP contribution in [0.1, 0.15) is 72.9 Å². The van der Waals surface area contributed by atoms with E-state index in [1.165, 1.54) is 11.8 Å². The third kappa shape index (κ3) is 26.7. The minimum absolute atomic E-state index is 0.0417. The highest BCUT2D eigenvalue weighted by molar-refractivity contribution is 7.86. The second-order valence-corrected chi connectivity index (χ2v) is 8.44. The zero-order chi connectivity index (χ0) is 27.6. The van der Waals surface area contributed by atoms with Gasteiger partial charge in [0.15, 0.2) is 0 Å². The molecule has 0 heterocycles. The summed E-state index contributed by atoms with van der Waals surface area (Å²) in [6, 6.07) is 5.17. The molecule has 34 heavy (non-hydrogen) atoms. The number of aldehydes is 1. The molecule has 5 nitrogen and oxygen atoms in total. The molecular weight excluding hydrogens is 465 g/mol. The van der Waals surface area contributed by atoms with Gasteiger partial charge in [-0.2, -0.15) is 0 Å². The topological polar surface area (TPSA) is 75.6 Å². The van der Waals surface area contributed by atoms with Gasteiger partial charge in [0.05, 0.1) is 12.1 Å². The molecule has 0 saturated heterocycles. The van der Waals surface area contributed by atoms with E-state index in [1.54, 1.807) is 25.3 Å². The van der Waals surface area contributed by atoms with Crippen LogP contribution in [-0.4, -0.2) is 41.5 Å². The van der Waals surface area contributed by atoms with Crippen LogP contribution in [0.25, 0.3) is 5.57 Å². The number of carbonyl (C=O) groups is 1. The summed E-state index contributed by atoms with van der Waals surface area (Å²) in [5.41, 5.74) is 2.92. The zero-order valence-electron chi connectivity index (χ0n) is 23.3. The van der Waals surface area contributed by atoms with E-state index in [0.29, 0.717) is 6.29 Å². The van der Waals surface area contributed by atoms with Crippen molar-refractivity contribution in [3.8, 4) is 5.75 Å². The highest BCUT2D eigenvalue weighted by Gasteiger charge is 2.04. The lowest BCUT2D eigenvalue weighted by atomic mass is 9.99. The Labute approximate surface area is 215 Å². The Morgan fingerprint density at radius 1 is 1.21 bits per heavy atom. The first-order valence-electron chi connectivity index (χ1n) is 11.6. The number of rotatable bonds is 7. The molecular formula is C27H50NO4PS. The van der Waals surface area contributed by atoms with E-state index >= 15 is 0 Å². The molecule has 0 aliphatic rings. The van der Waals surface area contributed by atoms with Gasteiger partial charge in [0.25, 0.3) is 0 Å². The Balaban J connectivity index is -0.000000288. The van der Waals surface area contributed by atoms with Gasteiger partial charge >= 0.3 is 0 Å². The summed E-state index contributed by atoms with van der Waals surface area (Å²) in [6.07, 6.45) is 9.26. The average Bonchev–Trinajstić information content (AvgIpc) is 2.80. The SMILES string of the molecule is CC.CCC.COC(C)(C)C.CP.C\C=C/C(=C\C=C\S(=O)NCC=O)c1ccc(O)cc1C. The van der Waals surface area contributed by atoms with Gasteiger partial charge in [0.2, 0.25) is 0 Å². The third-order valence-corrected chi connectivity index (χ3v) is 4.12. The second kappa shape index (κ2) is 27.7. The number of phenols is 1. The van der Waals surface area contributed by atoms with Crippen molar-refractivity contribution in [2.45, 2.75) is 74.3 Å². The van der Waals surface area contributed by atoms with E-state index in [9.17, 15) is 14.1 Å². The Hall–Kier alpha value is -1.59. The predicted molar refractivity (Wildman–Crippen MR) is 157 cm³/mol. The maximum atomic E-state index is 11.5. The van der Waals surface area contributed by atoms with Crippen molar-refractivity contribution in [2.24, 2.45) is 0 Å². The van der Waals surface area contributed by atoms with Gasteiger partial charge in [-0.25, -0.2) is 8.93 Å². The molecule has 0 bridgehead atoms. The summed E-state index contributed by atoms with van der Waals surface area (Å²) in [4.78, 5) is 10.2. The highest BCUT2D eigenvalue weighted by atomic mass is 32.2. The average molecular weight is 516 g/mol. The number of hydrogen-bond acceptors (Lipinski definition) is 4. The summed E-state index contributed by atoms with van der Waals surface area (Å²) >= 11 is 0. The maximum absolute atomic E-state index is 11.5. The monoisotopic (exact) mass is 515 g/mol. The minimum Gasteiger partial charge on any atom is -0.508 e. The van der Waals surface area contributed by atoms with Gasteiger partial charge in [-0.3, -0.25) is 0 Å². The smallest absolute Gasteiger partial charge is 0.134 e. The number of aromatic hydroxyl groups is 1. The number of benzene rings is 1. The largest absolute Gasteiger partial charge is 0.508 e. The lowest BCUT2D eigenvalue weighted by Crippen LogP contribution is -2.16. The molecule has 2 N–H and O–H groups in total. The number of aryl methyl sites for hydroxylation is 1. The normalized spacial score (nSPS) is 11.6. The van der Waals surface area contributed by atoms with Crippen LogP contribution in [0, 0.1) is 6.92 Å². The fourth-order valence-electron chi connectivity index (χ4n) is 1.76. The molecule has 0 amide bonds. The second-order valence-electron chi connectivity index (χ2n) is 7.29. The van der Waals surface area contributed by atoms with Gasteiger partial charge < -0.3 is 14.6 Å². The molecule has 1 aromatic rings. The van der Waals surface area contributed by atoms with E-state index in [-0.39, 0.29) is 17.9 Å². The van der Waals surface area contributed by atoms with Crippen molar-refractivity contribution in [1.29, 1.82) is 0 Å². The molecule has 0 aromatic heterocycles. The number of phenolic OH excluding ortho intramolecular Hbond substituents is 1. The highest BCUT2D eigenvalue weighted by Crippen LogP contribution is 2.24. The van der Waals surface area contributed by atoms with Gasteiger partial charge in [0.1, 0.15) is 23.0 Å². The number of methoxy groups -OCH3 is 1. The van der Waals surface area contributed by atoms with E-state index < -0.39 is 11.0 Å². The lowest BCUT2D eigenvalue weighted by Gasteiger charge is -2.14. The third-order valence-electron chi connectivity index (χ3n) is 3.27. The lowest BCUT2D eigenvalue weighted by molar-refractivity contribution is -0.106. The molecule has 2 unspecified atom stereocenters. The number of carbonyl (C=O) groups excluding carboxylic acids is 1. The summed E-state index contributed by atoms with van der Waals surface area (Å²) < 4.78 is 18.9. The summed E-state index contributed by atoms with van der Waals surface area (Å²) in [6.45, 7) is 20.1. The standard InChI is InChI=1S/C16H19NO3S.C5H12O.C3H8.C2H6.CH5P/c1-3-5-14(6-4-11-21(20)17-9-10-18)16-8-7-15(19)12-13(16)2;1-5(2,3)6-4;1-3-2;2*1-2/h3-8,10-12,17,19H,9H2,1-2H3;1-4H3;3H2,1-2H3;1-2H3;2H2,1H3/b5-3-,11-4+,14-6+;;;;. The molecule has 0 spiro atoms. The van der Waals surface area contributed by atoms with Crippen molar-refractivity contribution in [1.82, 2.24) is 4.72 Å². The number of hydrogen-bond donors (Lipinski definition) is 2. The predicted octanol–water partition coefficient (Wildman–Crippen LogP) is 6.99.